The van der Waals surface area contributed by atoms with Crippen molar-refractivity contribution in [2.24, 2.45) is 0 Å². The van der Waals surface area contributed by atoms with Crippen LogP contribution in [-0.2, 0) is 9.47 Å². The average Bonchev–Trinajstić information content (AvgIpc) is 3.48. The van der Waals surface area contributed by atoms with Crippen molar-refractivity contribution in [3.8, 4) is 16.6 Å². The molecule has 1 amide bonds. The Balaban J connectivity index is 1.44. The molecule has 0 radical (unpaired) electrons. The number of nitrogens with one attached hydrogen (secondary N) is 2. The summed E-state index contributed by atoms with van der Waals surface area (Å²) in [6, 6.07) is 3.74. The van der Waals surface area contributed by atoms with Crippen LogP contribution in [0.1, 0.15) is 10.4 Å². The molecule has 0 spiro atoms. The minimum atomic E-state index is -0.528. The summed E-state index contributed by atoms with van der Waals surface area (Å²) in [5.41, 5.74) is 0.146. The normalized spacial score (nSPS) is 16.5. The molecule has 2 aliphatic heterocycles. The van der Waals surface area contributed by atoms with E-state index in [1.807, 2.05) is 22.4 Å². The first-order valence-corrected chi connectivity index (χ1v) is 10.9. The molecule has 2 N–H and O–H groups in total. The molecule has 2 fully saturated rings. The van der Waals surface area contributed by atoms with Gasteiger partial charge in [0, 0.05) is 13.1 Å². The minimum Gasteiger partial charge on any atom is -0.480 e. The number of nitrogens with zero attached hydrogens (tertiary/aromatic N) is 5. The Morgan fingerprint density at radius 2 is 2.06 bits per heavy atom. The fourth-order valence-corrected chi connectivity index (χ4v) is 3.88. The standard InChI is InChI=1S/C19H21N7O5S/c1-28-17-13(15(27)22-19-25-24-16(31-19)12-3-2-8-32-12)14(20-11-9-30-10-11)21-18(23-17)26-4-6-29-7-5-26/h2-3,8,11H,4-7,9-10H2,1H3,(H,20,21,23)(H,22,25,27). The van der Waals surface area contributed by atoms with E-state index >= 15 is 0 Å². The molecule has 0 aromatic carbocycles. The largest absolute Gasteiger partial charge is 0.480 e. The SMILES string of the molecule is COc1nc(N2CCOCC2)nc(NC2COC2)c1C(=O)Nc1nnc(-c2cccs2)o1. The van der Waals surface area contributed by atoms with E-state index < -0.39 is 5.91 Å². The molecule has 2 saturated heterocycles. The lowest BCUT2D eigenvalue weighted by Crippen LogP contribution is -2.42. The second kappa shape index (κ2) is 9.06. The van der Waals surface area contributed by atoms with Crippen LogP contribution < -0.4 is 20.3 Å². The molecule has 3 aromatic heterocycles. The summed E-state index contributed by atoms with van der Waals surface area (Å²) in [6.45, 7) is 3.50. The number of carbonyl (C=O) groups excluding carboxylic acids is 1. The number of aromatic nitrogens is 4. The summed E-state index contributed by atoms with van der Waals surface area (Å²) in [6.07, 6.45) is 0. The highest BCUT2D eigenvalue weighted by atomic mass is 32.1. The van der Waals surface area contributed by atoms with Gasteiger partial charge in [-0.15, -0.1) is 16.4 Å². The summed E-state index contributed by atoms with van der Waals surface area (Å²) in [5.74, 6) is 0.745. The number of carbonyl (C=O) groups is 1. The third-order valence-corrected chi connectivity index (χ3v) is 5.79. The molecule has 0 saturated carbocycles. The Kier molecular flexibility index (Phi) is 5.83. The number of hydrogen-bond donors (Lipinski definition) is 2. The van der Waals surface area contributed by atoms with E-state index in [2.05, 4.69) is 30.8 Å². The molecular formula is C19H21N7O5S. The average molecular weight is 459 g/mol. The highest BCUT2D eigenvalue weighted by Crippen LogP contribution is 2.30. The monoisotopic (exact) mass is 459 g/mol. The molecule has 0 atom stereocenters. The van der Waals surface area contributed by atoms with Gasteiger partial charge < -0.3 is 28.8 Å². The van der Waals surface area contributed by atoms with Gasteiger partial charge in [-0.3, -0.25) is 10.1 Å². The molecule has 3 aromatic rings. The summed E-state index contributed by atoms with van der Waals surface area (Å²) >= 11 is 1.46. The number of ether oxygens (including phenoxy) is 3. The van der Waals surface area contributed by atoms with Crippen LogP contribution in [0.15, 0.2) is 21.9 Å². The summed E-state index contributed by atoms with van der Waals surface area (Å²) in [7, 11) is 1.46. The first-order chi connectivity index (χ1) is 15.7. The van der Waals surface area contributed by atoms with Crippen LogP contribution in [0.5, 0.6) is 5.88 Å². The Morgan fingerprint density at radius 1 is 1.22 bits per heavy atom. The van der Waals surface area contributed by atoms with Gasteiger partial charge in [-0.1, -0.05) is 11.2 Å². The maximum Gasteiger partial charge on any atom is 0.322 e. The molecule has 32 heavy (non-hydrogen) atoms. The van der Waals surface area contributed by atoms with Gasteiger partial charge in [0.05, 0.1) is 44.5 Å². The third-order valence-electron chi connectivity index (χ3n) is 4.93. The molecule has 13 heteroatoms. The van der Waals surface area contributed by atoms with Crippen molar-refractivity contribution in [2.45, 2.75) is 6.04 Å². The Hall–Kier alpha value is -3.29. The van der Waals surface area contributed by atoms with Gasteiger partial charge in [0.25, 0.3) is 11.8 Å². The predicted molar refractivity (Wildman–Crippen MR) is 115 cm³/mol. The van der Waals surface area contributed by atoms with Gasteiger partial charge in [-0.25, -0.2) is 0 Å². The molecule has 0 unspecified atom stereocenters. The zero-order chi connectivity index (χ0) is 21.9. The fraction of sp³-hybridized carbons (Fsp3) is 0.421. The quantitative estimate of drug-likeness (QED) is 0.532. The first kappa shape index (κ1) is 20.6. The lowest BCUT2D eigenvalue weighted by atomic mass is 10.2. The summed E-state index contributed by atoms with van der Waals surface area (Å²) in [4.78, 5) is 25.1. The van der Waals surface area contributed by atoms with E-state index in [0.29, 0.717) is 57.2 Å². The highest BCUT2D eigenvalue weighted by molar-refractivity contribution is 7.13. The summed E-state index contributed by atoms with van der Waals surface area (Å²) in [5, 5.41) is 15.7. The topological polar surface area (TPSA) is 137 Å². The van der Waals surface area contributed by atoms with Gasteiger partial charge in [-0.05, 0) is 11.4 Å². The van der Waals surface area contributed by atoms with Crippen LogP contribution in [0.2, 0.25) is 0 Å². The maximum atomic E-state index is 13.2. The molecule has 5 heterocycles. The molecule has 12 nitrogen and oxygen atoms in total. The van der Waals surface area contributed by atoms with Crippen molar-refractivity contribution < 1.29 is 23.4 Å². The van der Waals surface area contributed by atoms with Gasteiger partial charge in [-0.2, -0.15) is 9.97 Å². The Morgan fingerprint density at radius 3 is 2.75 bits per heavy atom. The van der Waals surface area contributed by atoms with E-state index in [4.69, 9.17) is 18.6 Å². The van der Waals surface area contributed by atoms with Gasteiger partial charge >= 0.3 is 6.01 Å². The van der Waals surface area contributed by atoms with E-state index in [1.165, 1.54) is 18.4 Å². The molecule has 5 rings (SSSR count). The Bertz CT molecular complexity index is 1080. The van der Waals surface area contributed by atoms with Crippen molar-refractivity contribution >= 4 is 35.0 Å². The van der Waals surface area contributed by atoms with Crippen molar-refractivity contribution in [3.63, 3.8) is 0 Å². The zero-order valence-electron chi connectivity index (χ0n) is 17.2. The lowest BCUT2D eigenvalue weighted by Gasteiger charge is -2.30. The van der Waals surface area contributed by atoms with Crippen LogP contribution in [0.4, 0.5) is 17.8 Å². The van der Waals surface area contributed by atoms with Crippen molar-refractivity contribution in [2.75, 3.05) is 62.2 Å². The van der Waals surface area contributed by atoms with Gasteiger partial charge in [0.2, 0.25) is 11.8 Å². The van der Waals surface area contributed by atoms with E-state index in [9.17, 15) is 4.79 Å². The third kappa shape index (κ3) is 4.22. The predicted octanol–water partition coefficient (Wildman–Crippen LogP) is 1.50. The maximum absolute atomic E-state index is 13.2. The number of amides is 1. The van der Waals surface area contributed by atoms with Crippen molar-refractivity contribution in [1.82, 2.24) is 20.2 Å². The van der Waals surface area contributed by atoms with E-state index in [-0.39, 0.29) is 23.5 Å². The molecular weight excluding hydrogens is 438 g/mol. The lowest BCUT2D eigenvalue weighted by molar-refractivity contribution is 0.0209. The number of hydrogen-bond acceptors (Lipinski definition) is 12. The van der Waals surface area contributed by atoms with Crippen molar-refractivity contribution in [1.29, 1.82) is 0 Å². The second-order valence-corrected chi connectivity index (χ2v) is 8.03. The van der Waals surface area contributed by atoms with E-state index in [1.54, 1.807) is 0 Å². The second-order valence-electron chi connectivity index (χ2n) is 7.08. The van der Waals surface area contributed by atoms with Crippen molar-refractivity contribution in [3.05, 3.63) is 23.1 Å². The highest BCUT2D eigenvalue weighted by Gasteiger charge is 2.29. The number of morpholine rings is 1. The first-order valence-electron chi connectivity index (χ1n) is 10.0. The van der Waals surface area contributed by atoms with Gasteiger partial charge in [0.15, 0.2) is 0 Å². The van der Waals surface area contributed by atoms with Crippen LogP contribution in [0.3, 0.4) is 0 Å². The number of rotatable bonds is 7. The fourth-order valence-electron chi connectivity index (χ4n) is 3.24. The number of anilines is 3. The van der Waals surface area contributed by atoms with Crippen LogP contribution >= 0.6 is 11.3 Å². The van der Waals surface area contributed by atoms with Crippen LogP contribution in [0, 0.1) is 0 Å². The van der Waals surface area contributed by atoms with E-state index in [0.717, 1.165) is 4.88 Å². The number of methoxy groups -OCH3 is 1. The smallest absolute Gasteiger partial charge is 0.322 e. The molecule has 0 bridgehead atoms. The Labute approximate surface area is 186 Å². The minimum absolute atomic E-state index is 0.0318. The summed E-state index contributed by atoms with van der Waals surface area (Å²) < 4.78 is 21.7. The molecule has 168 valence electrons. The van der Waals surface area contributed by atoms with Crippen LogP contribution in [0.25, 0.3) is 10.8 Å². The van der Waals surface area contributed by atoms with Crippen LogP contribution in [-0.4, -0.2) is 78.7 Å². The molecule has 2 aliphatic rings. The zero-order valence-corrected chi connectivity index (χ0v) is 18.1. The van der Waals surface area contributed by atoms with Gasteiger partial charge in [0.1, 0.15) is 11.4 Å². The number of thiophene rings is 1. The molecule has 0 aliphatic carbocycles.